The average molecular weight is 252 g/mol. The lowest BCUT2D eigenvalue weighted by Gasteiger charge is -2.11. The number of hydrogen-bond donors (Lipinski definition) is 0. The standard InChI is InChI=1S/C11H7F3N4/c1-7-4-2-3-5-9(7)18-10(11(12,13)14)8(6-15)16-17-18/h2-5H,1H3. The van der Waals surface area contributed by atoms with E-state index in [-0.39, 0.29) is 5.69 Å². The Hall–Kier alpha value is -2.36. The molecule has 0 aliphatic rings. The fourth-order valence-corrected chi connectivity index (χ4v) is 1.58. The smallest absolute Gasteiger partial charge is 0.207 e. The van der Waals surface area contributed by atoms with Gasteiger partial charge < -0.3 is 0 Å². The summed E-state index contributed by atoms with van der Waals surface area (Å²) in [5.41, 5.74) is -1.03. The highest BCUT2D eigenvalue weighted by molar-refractivity contribution is 5.43. The quantitative estimate of drug-likeness (QED) is 0.783. The lowest BCUT2D eigenvalue weighted by molar-refractivity contribution is -0.143. The Balaban J connectivity index is 2.71. The monoisotopic (exact) mass is 252 g/mol. The number of hydrogen-bond acceptors (Lipinski definition) is 3. The van der Waals surface area contributed by atoms with Gasteiger partial charge >= 0.3 is 6.18 Å². The first-order chi connectivity index (χ1) is 8.45. The molecule has 1 aromatic heterocycles. The van der Waals surface area contributed by atoms with E-state index in [9.17, 15) is 13.2 Å². The Morgan fingerprint density at radius 3 is 2.50 bits per heavy atom. The van der Waals surface area contributed by atoms with Crippen molar-refractivity contribution in [2.45, 2.75) is 13.1 Å². The molecule has 0 radical (unpaired) electrons. The number of rotatable bonds is 1. The minimum Gasteiger partial charge on any atom is -0.207 e. The van der Waals surface area contributed by atoms with E-state index < -0.39 is 17.6 Å². The molecule has 0 saturated heterocycles. The Kier molecular flexibility index (Phi) is 2.79. The first kappa shape index (κ1) is 12.1. The molecule has 0 N–H and O–H groups in total. The van der Waals surface area contributed by atoms with Crippen LogP contribution in [0.5, 0.6) is 0 Å². The molecule has 4 nitrogen and oxygen atoms in total. The number of aryl methyl sites for hydroxylation is 1. The zero-order valence-electron chi connectivity index (χ0n) is 9.23. The highest BCUT2D eigenvalue weighted by Gasteiger charge is 2.40. The summed E-state index contributed by atoms with van der Waals surface area (Å²) in [7, 11) is 0. The lowest BCUT2D eigenvalue weighted by Crippen LogP contribution is -2.15. The summed E-state index contributed by atoms with van der Waals surface area (Å²) in [5, 5.41) is 15.3. The second kappa shape index (κ2) is 4.14. The molecule has 0 amide bonds. The molecular formula is C11H7F3N4. The lowest BCUT2D eigenvalue weighted by atomic mass is 10.2. The van der Waals surface area contributed by atoms with Crippen LogP contribution in [0.2, 0.25) is 0 Å². The van der Waals surface area contributed by atoms with Gasteiger partial charge in [0, 0.05) is 0 Å². The van der Waals surface area contributed by atoms with Gasteiger partial charge in [-0.15, -0.1) is 5.10 Å². The van der Waals surface area contributed by atoms with Crippen molar-refractivity contribution in [1.29, 1.82) is 5.26 Å². The Labute approximate surface area is 100 Å². The minimum atomic E-state index is -4.68. The van der Waals surface area contributed by atoms with Crippen molar-refractivity contribution in [1.82, 2.24) is 15.0 Å². The van der Waals surface area contributed by atoms with Crippen molar-refractivity contribution in [3.05, 3.63) is 41.2 Å². The molecular weight excluding hydrogens is 245 g/mol. The highest BCUT2D eigenvalue weighted by Crippen LogP contribution is 2.32. The van der Waals surface area contributed by atoms with Crippen molar-refractivity contribution in [3.8, 4) is 11.8 Å². The predicted octanol–water partition coefficient (Wildman–Crippen LogP) is 2.47. The van der Waals surface area contributed by atoms with Crippen LogP contribution in [0.25, 0.3) is 5.69 Å². The predicted molar refractivity (Wildman–Crippen MR) is 55.8 cm³/mol. The van der Waals surface area contributed by atoms with E-state index >= 15 is 0 Å². The van der Waals surface area contributed by atoms with Crippen LogP contribution in [-0.2, 0) is 6.18 Å². The van der Waals surface area contributed by atoms with Crippen molar-refractivity contribution >= 4 is 0 Å². The van der Waals surface area contributed by atoms with E-state index in [0.717, 1.165) is 0 Å². The second-order valence-corrected chi connectivity index (χ2v) is 3.59. The third-order valence-electron chi connectivity index (χ3n) is 2.39. The van der Waals surface area contributed by atoms with Gasteiger partial charge in [-0.3, -0.25) is 0 Å². The van der Waals surface area contributed by atoms with Crippen LogP contribution in [-0.4, -0.2) is 15.0 Å². The van der Waals surface area contributed by atoms with Gasteiger partial charge in [0.15, 0.2) is 11.4 Å². The zero-order chi connectivity index (χ0) is 13.3. The van der Waals surface area contributed by atoms with E-state index in [0.29, 0.717) is 10.2 Å². The summed E-state index contributed by atoms with van der Waals surface area (Å²) in [6, 6.07) is 7.84. The van der Waals surface area contributed by atoms with E-state index in [1.807, 2.05) is 0 Å². The topological polar surface area (TPSA) is 54.5 Å². The fraction of sp³-hybridized carbons (Fsp3) is 0.182. The summed E-state index contributed by atoms with van der Waals surface area (Å²) in [6.45, 7) is 1.66. The molecule has 1 heterocycles. The molecule has 2 rings (SSSR count). The maximum Gasteiger partial charge on any atom is 0.436 e. The molecule has 0 aliphatic heterocycles. The third kappa shape index (κ3) is 1.93. The molecule has 92 valence electrons. The maximum atomic E-state index is 12.9. The summed E-state index contributed by atoms with van der Waals surface area (Å²) in [6.07, 6.45) is -4.68. The molecule has 2 aromatic rings. The first-order valence-corrected chi connectivity index (χ1v) is 4.94. The van der Waals surface area contributed by atoms with Crippen molar-refractivity contribution < 1.29 is 13.2 Å². The summed E-state index contributed by atoms with van der Waals surface area (Å²) in [4.78, 5) is 0. The van der Waals surface area contributed by atoms with Crippen LogP contribution in [0.3, 0.4) is 0 Å². The van der Waals surface area contributed by atoms with Gasteiger partial charge in [0.1, 0.15) is 6.07 Å². The molecule has 7 heteroatoms. The average Bonchev–Trinajstić information content (AvgIpc) is 2.73. The number of para-hydroxylation sites is 1. The van der Waals surface area contributed by atoms with E-state index in [2.05, 4.69) is 10.3 Å². The largest absolute Gasteiger partial charge is 0.436 e. The second-order valence-electron chi connectivity index (χ2n) is 3.59. The molecule has 0 spiro atoms. The van der Waals surface area contributed by atoms with Gasteiger partial charge in [0.05, 0.1) is 5.69 Å². The van der Waals surface area contributed by atoms with Crippen LogP contribution in [0.1, 0.15) is 17.0 Å². The molecule has 0 atom stereocenters. The van der Waals surface area contributed by atoms with Gasteiger partial charge in [-0.25, -0.2) is 4.68 Å². The number of nitriles is 1. The number of benzene rings is 1. The number of nitrogens with zero attached hydrogens (tertiary/aromatic N) is 4. The van der Waals surface area contributed by atoms with E-state index in [1.54, 1.807) is 25.1 Å². The van der Waals surface area contributed by atoms with Crippen LogP contribution in [0.15, 0.2) is 24.3 Å². The fourth-order valence-electron chi connectivity index (χ4n) is 1.58. The first-order valence-electron chi connectivity index (χ1n) is 4.94. The summed E-state index contributed by atoms with van der Waals surface area (Å²) in [5.74, 6) is 0. The molecule has 0 aliphatic carbocycles. The maximum absolute atomic E-state index is 12.9. The zero-order valence-corrected chi connectivity index (χ0v) is 9.23. The van der Waals surface area contributed by atoms with Gasteiger partial charge in [-0.2, -0.15) is 18.4 Å². The highest BCUT2D eigenvalue weighted by atomic mass is 19.4. The normalized spacial score (nSPS) is 11.3. The van der Waals surface area contributed by atoms with Crippen LogP contribution in [0, 0.1) is 18.3 Å². The van der Waals surface area contributed by atoms with Gasteiger partial charge in [0.2, 0.25) is 0 Å². The number of halogens is 3. The van der Waals surface area contributed by atoms with Crippen LogP contribution in [0.4, 0.5) is 13.2 Å². The molecule has 0 unspecified atom stereocenters. The summed E-state index contributed by atoms with van der Waals surface area (Å²) >= 11 is 0. The number of aromatic nitrogens is 3. The van der Waals surface area contributed by atoms with Gasteiger partial charge in [-0.05, 0) is 18.6 Å². The molecule has 1 aromatic carbocycles. The van der Waals surface area contributed by atoms with Crippen molar-refractivity contribution in [3.63, 3.8) is 0 Å². The van der Waals surface area contributed by atoms with Crippen LogP contribution < -0.4 is 0 Å². The molecule has 0 saturated carbocycles. The Morgan fingerprint density at radius 2 is 1.94 bits per heavy atom. The molecule has 0 fully saturated rings. The van der Waals surface area contributed by atoms with Crippen LogP contribution >= 0.6 is 0 Å². The van der Waals surface area contributed by atoms with Gasteiger partial charge in [0.25, 0.3) is 0 Å². The Morgan fingerprint density at radius 1 is 1.28 bits per heavy atom. The summed E-state index contributed by atoms with van der Waals surface area (Å²) < 4.78 is 39.3. The van der Waals surface area contributed by atoms with E-state index in [1.165, 1.54) is 12.1 Å². The van der Waals surface area contributed by atoms with Gasteiger partial charge in [-0.1, -0.05) is 23.4 Å². The van der Waals surface area contributed by atoms with E-state index in [4.69, 9.17) is 5.26 Å². The van der Waals surface area contributed by atoms with Crippen molar-refractivity contribution in [2.24, 2.45) is 0 Å². The van der Waals surface area contributed by atoms with Crippen molar-refractivity contribution in [2.75, 3.05) is 0 Å². The molecule has 0 bridgehead atoms. The Bertz CT molecular complexity index is 622. The molecule has 18 heavy (non-hydrogen) atoms. The third-order valence-corrected chi connectivity index (χ3v) is 2.39. The SMILES string of the molecule is Cc1ccccc1-n1nnc(C#N)c1C(F)(F)F. The minimum absolute atomic E-state index is 0.249. The number of alkyl halides is 3.